The van der Waals surface area contributed by atoms with Crippen LogP contribution in [0.25, 0.3) is 0 Å². The molecule has 104 valence electrons. The molecule has 1 rings (SSSR count). The summed E-state index contributed by atoms with van der Waals surface area (Å²) < 4.78 is 0. The fourth-order valence-corrected chi connectivity index (χ4v) is 1.80. The highest BCUT2D eigenvalue weighted by Gasteiger charge is 2.11. The monoisotopic (exact) mass is 284 g/mol. The number of rotatable bonds is 7. The third-order valence-electron chi connectivity index (χ3n) is 2.80. The number of hydrogen-bond donors (Lipinski definition) is 3. The van der Waals surface area contributed by atoms with Gasteiger partial charge < -0.3 is 16.2 Å². The second-order valence-corrected chi connectivity index (χ2v) is 4.80. The standard InChI is InChI=1S/C13H17ClN2O3/c1-8(13(18)19)3-2-6-16-11-5-4-9(14)7-10(11)12(15)17/h4-5,7-8,16H,2-3,6H2,1H3,(H2,15,17)(H,18,19). The van der Waals surface area contributed by atoms with E-state index >= 15 is 0 Å². The maximum Gasteiger partial charge on any atom is 0.306 e. The summed E-state index contributed by atoms with van der Waals surface area (Å²) in [4.78, 5) is 21.9. The van der Waals surface area contributed by atoms with Gasteiger partial charge in [0.25, 0.3) is 5.91 Å². The number of anilines is 1. The van der Waals surface area contributed by atoms with Crippen LogP contribution in [0, 0.1) is 5.92 Å². The fourth-order valence-electron chi connectivity index (χ4n) is 1.63. The number of hydrogen-bond acceptors (Lipinski definition) is 3. The van der Waals surface area contributed by atoms with Gasteiger partial charge in [0.05, 0.1) is 11.5 Å². The Bertz CT molecular complexity index is 477. The second kappa shape index (κ2) is 6.99. The lowest BCUT2D eigenvalue weighted by Crippen LogP contribution is -2.16. The molecular formula is C13H17ClN2O3. The number of aliphatic carboxylic acids is 1. The van der Waals surface area contributed by atoms with E-state index in [1.54, 1.807) is 19.1 Å². The summed E-state index contributed by atoms with van der Waals surface area (Å²) in [7, 11) is 0. The van der Waals surface area contributed by atoms with Crippen molar-refractivity contribution in [3.8, 4) is 0 Å². The SMILES string of the molecule is CC(CCCNc1ccc(Cl)cc1C(N)=O)C(=O)O. The summed E-state index contributed by atoms with van der Waals surface area (Å²) in [6, 6.07) is 4.85. The normalized spacial score (nSPS) is 11.9. The molecule has 1 aromatic rings. The molecule has 0 spiro atoms. The molecule has 1 unspecified atom stereocenters. The highest BCUT2D eigenvalue weighted by molar-refractivity contribution is 6.31. The van der Waals surface area contributed by atoms with E-state index < -0.39 is 11.9 Å². The molecule has 0 aromatic heterocycles. The van der Waals surface area contributed by atoms with Crippen molar-refractivity contribution in [2.24, 2.45) is 11.7 Å². The van der Waals surface area contributed by atoms with Gasteiger partial charge in [-0.15, -0.1) is 0 Å². The molecule has 0 heterocycles. The van der Waals surface area contributed by atoms with Crippen LogP contribution in [0.1, 0.15) is 30.1 Å². The number of carboxylic acid groups (broad SMARTS) is 1. The summed E-state index contributed by atoms with van der Waals surface area (Å²) in [5, 5.41) is 12.3. The van der Waals surface area contributed by atoms with E-state index in [0.717, 1.165) is 0 Å². The number of nitrogens with one attached hydrogen (secondary N) is 1. The molecule has 0 fully saturated rings. The number of primary amides is 1. The first-order valence-corrected chi connectivity index (χ1v) is 6.35. The van der Waals surface area contributed by atoms with Gasteiger partial charge in [-0.1, -0.05) is 18.5 Å². The number of nitrogens with two attached hydrogens (primary N) is 1. The zero-order chi connectivity index (χ0) is 14.4. The molecule has 1 amide bonds. The summed E-state index contributed by atoms with van der Waals surface area (Å²) in [6.07, 6.45) is 1.26. The van der Waals surface area contributed by atoms with Crippen molar-refractivity contribution in [3.05, 3.63) is 28.8 Å². The van der Waals surface area contributed by atoms with Crippen molar-refractivity contribution in [1.29, 1.82) is 0 Å². The minimum atomic E-state index is -0.802. The first-order valence-electron chi connectivity index (χ1n) is 5.98. The third-order valence-corrected chi connectivity index (χ3v) is 3.03. The first kappa shape index (κ1) is 15.3. The van der Waals surface area contributed by atoms with E-state index in [1.807, 2.05) is 0 Å². The Morgan fingerprint density at radius 2 is 2.16 bits per heavy atom. The smallest absolute Gasteiger partial charge is 0.306 e. The predicted molar refractivity (Wildman–Crippen MR) is 74.5 cm³/mol. The van der Waals surface area contributed by atoms with Gasteiger partial charge in [-0.3, -0.25) is 9.59 Å². The highest BCUT2D eigenvalue weighted by atomic mass is 35.5. The quantitative estimate of drug-likeness (QED) is 0.670. The molecular weight excluding hydrogens is 268 g/mol. The van der Waals surface area contributed by atoms with Crippen molar-refractivity contribution in [3.63, 3.8) is 0 Å². The van der Waals surface area contributed by atoms with Gasteiger partial charge in [0.15, 0.2) is 0 Å². The van der Waals surface area contributed by atoms with Crippen LogP contribution in [-0.2, 0) is 4.79 Å². The molecule has 4 N–H and O–H groups in total. The second-order valence-electron chi connectivity index (χ2n) is 4.36. The third kappa shape index (κ3) is 4.79. The lowest BCUT2D eigenvalue weighted by molar-refractivity contribution is -0.141. The van der Waals surface area contributed by atoms with Crippen molar-refractivity contribution < 1.29 is 14.7 Å². The lowest BCUT2D eigenvalue weighted by Gasteiger charge is -2.11. The van der Waals surface area contributed by atoms with Gasteiger partial charge in [0, 0.05) is 17.3 Å². The van der Waals surface area contributed by atoms with E-state index in [1.165, 1.54) is 6.07 Å². The summed E-state index contributed by atoms with van der Waals surface area (Å²) in [5.74, 6) is -1.73. The van der Waals surface area contributed by atoms with E-state index in [0.29, 0.717) is 35.7 Å². The van der Waals surface area contributed by atoms with E-state index in [9.17, 15) is 9.59 Å². The molecule has 0 saturated carbocycles. The maximum atomic E-state index is 11.3. The van der Waals surface area contributed by atoms with Crippen molar-refractivity contribution in [2.45, 2.75) is 19.8 Å². The number of carbonyl (C=O) groups excluding carboxylic acids is 1. The minimum Gasteiger partial charge on any atom is -0.481 e. The average Bonchev–Trinajstić information content (AvgIpc) is 2.35. The Morgan fingerprint density at radius 3 is 2.74 bits per heavy atom. The van der Waals surface area contributed by atoms with E-state index in [2.05, 4.69) is 5.32 Å². The van der Waals surface area contributed by atoms with Crippen molar-refractivity contribution >= 4 is 29.2 Å². The molecule has 0 bridgehead atoms. The Hall–Kier alpha value is -1.75. The average molecular weight is 285 g/mol. The van der Waals surface area contributed by atoms with Crippen LogP contribution in [0.3, 0.4) is 0 Å². The number of amides is 1. The Morgan fingerprint density at radius 1 is 1.47 bits per heavy atom. The number of carbonyl (C=O) groups is 2. The molecule has 19 heavy (non-hydrogen) atoms. The highest BCUT2D eigenvalue weighted by Crippen LogP contribution is 2.20. The number of benzene rings is 1. The van der Waals surface area contributed by atoms with Gasteiger partial charge in [0.2, 0.25) is 0 Å². The molecule has 1 atom stereocenters. The number of carboxylic acids is 1. The van der Waals surface area contributed by atoms with Crippen LogP contribution in [0.2, 0.25) is 5.02 Å². The van der Waals surface area contributed by atoms with Crippen molar-refractivity contribution in [1.82, 2.24) is 0 Å². The summed E-state index contributed by atoms with van der Waals surface area (Å²) in [5.41, 5.74) is 6.20. The Labute approximate surface area is 116 Å². The molecule has 0 saturated heterocycles. The van der Waals surface area contributed by atoms with Gasteiger partial charge in [-0.25, -0.2) is 0 Å². The van der Waals surface area contributed by atoms with E-state index in [-0.39, 0.29) is 5.92 Å². The summed E-state index contributed by atoms with van der Waals surface area (Å²) in [6.45, 7) is 2.24. The van der Waals surface area contributed by atoms with Crippen LogP contribution in [-0.4, -0.2) is 23.5 Å². The number of halogens is 1. The summed E-state index contributed by atoms with van der Waals surface area (Å²) >= 11 is 5.80. The zero-order valence-corrected chi connectivity index (χ0v) is 11.4. The van der Waals surface area contributed by atoms with Crippen molar-refractivity contribution in [2.75, 3.05) is 11.9 Å². The Balaban J connectivity index is 2.54. The minimum absolute atomic E-state index is 0.332. The topological polar surface area (TPSA) is 92.4 Å². The van der Waals surface area contributed by atoms with Crippen LogP contribution in [0.15, 0.2) is 18.2 Å². The van der Waals surface area contributed by atoms with Gasteiger partial charge in [-0.05, 0) is 31.0 Å². The maximum absolute atomic E-state index is 11.3. The van der Waals surface area contributed by atoms with Crippen LogP contribution >= 0.6 is 11.6 Å². The van der Waals surface area contributed by atoms with Gasteiger partial charge in [0.1, 0.15) is 0 Å². The fraction of sp³-hybridized carbons (Fsp3) is 0.385. The first-order chi connectivity index (χ1) is 8.91. The molecule has 0 aliphatic carbocycles. The van der Waals surface area contributed by atoms with Crippen LogP contribution in [0.4, 0.5) is 5.69 Å². The van der Waals surface area contributed by atoms with Crippen LogP contribution < -0.4 is 11.1 Å². The Kier molecular flexibility index (Phi) is 5.63. The molecule has 0 radical (unpaired) electrons. The molecule has 0 aliphatic heterocycles. The lowest BCUT2D eigenvalue weighted by atomic mass is 10.1. The van der Waals surface area contributed by atoms with Gasteiger partial charge >= 0.3 is 5.97 Å². The largest absolute Gasteiger partial charge is 0.481 e. The molecule has 5 nitrogen and oxygen atoms in total. The predicted octanol–water partition coefficient (Wildman–Crippen LogP) is 2.35. The van der Waals surface area contributed by atoms with Crippen LogP contribution in [0.5, 0.6) is 0 Å². The molecule has 6 heteroatoms. The molecule has 1 aromatic carbocycles. The zero-order valence-electron chi connectivity index (χ0n) is 10.6. The van der Waals surface area contributed by atoms with E-state index in [4.69, 9.17) is 22.4 Å². The molecule has 0 aliphatic rings. The van der Waals surface area contributed by atoms with Gasteiger partial charge in [-0.2, -0.15) is 0 Å².